The SMILES string of the molecule is CC(C)CCCCNC(=O)c1cccc([N+](=O)[O-])c1Cl. The molecule has 0 saturated heterocycles. The Morgan fingerprint density at radius 2 is 2.10 bits per heavy atom. The second-order valence-electron chi connectivity index (χ2n) is 5.04. The van der Waals surface area contributed by atoms with Crippen molar-refractivity contribution in [2.45, 2.75) is 33.1 Å². The predicted molar refractivity (Wildman–Crippen MR) is 79.1 cm³/mol. The summed E-state index contributed by atoms with van der Waals surface area (Å²) in [7, 11) is 0. The van der Waals surface area contributed by atoms with Crippen molar-refractivity contribution < 1.29 is 9.72 Å². The van der Waals surface area contributed by atoms with E-state index in [-0.39, 0.29) is 22.2 Å². The van der Waals surface area contributed by atoms with Crippen LogP contribution < -0.4 is 5.32 Å². The molecule has 0 aromatic heterocycles. The lowest BCUT2D eigenvalue weighted by atomic mass is 10.1. The van der Waals surface area contributed by atoms with E-state index in [1.807, 2.05) is 0 Å². The Bertz CT molecular complexity index is 489. The third kappa shape index (κ3) is 4.81. The molecule has 1 amide bonds. The molecule has 1 N–H and O–H groups in total. The summed E-state index contributed by atoms with van der Waals surface area (Å²) in [5, 5.41) is 13.4. The minimum Gasteiger partial charge on any atom is -0.352 e. The molecule has 0 saturated carbocycles. The van der Waals surface area contributed by atoms with E-state index in [2.05, 4.69) is 19.2 Å². The highest BCUT2D eigenvalue weighted by Crippen LogP contribution is 2.27. The van der Waals surface area contributed by atoms with E-state index in [9.17, 15) is 14.9 Å². The molecule has 1 aromatic rings. The lowest BCUT2D eigenvalue weighted by Crippen LogP contribution is -2.24. The Hall–Kier alpha value is -1.62. The average Bonchev–Trinajstić information content (AvgIpc) is 2.37. The summed E-state index contributed by atoms with van der Waals surface area (Å²) in [5.74, 6) is 0.278. The van der Waals surface area contributed by atoms with Gasteiger partial charge in [-0.1, -0.05) is 44.4 Å². The number of nitro benzene ring substituents is 1. The van der Waals surface area contributed by atoms with Crippen LogP contribution in [0.15, 0.2) is 18.2 Å². The van der Waals surface area contributed by atoms with Crippen LogP contribution in [-0.4, -0.2) is 17.4 Å². The van der Waals surface area contributed by atoms with Gasteiger partial charge in [-0.15, -0.1) is 0 Å². The predicted octanol–water partition coefficient (Wildman–Crippen LogP) is 3.80. The van der Waals surface area contributed by atoms with Crippen molar-refractivity contribution in [1.82, 2.24) is 5.32 Å². The molecule has 1 aromatic carbocycles. The van der Waals surface area contributed by atoms with Crippen molar-refractivity contribution in [3.63, 3.8) is 0 Å². The van der Waals surface area contributed by atoms with E-state index in [1.54, 1.807) is 0 Å². The van der Waals surface area contributed by atoms with Crippen LogP contribution in [0, 0.1) is 16.0 Å². The number of nitro groups is 1. The topological polar surface area (TPSA) is 72.2 Å². The normalized spacial score (nSPS) is 10.6. The van der Waals surface area contributed by atoms with Gasteiger partial charge in [-0.2, -0.15) is 0 Å². The number of carbonyl (C=O) groups excluding carboxylic acids is 1. The smallest absolute Gasteiger partial charge is 0.288 e. The standard InChI is InChI=1S/C14H19ClN2O3/c1-10(2)6-3-4-9-16-14(18)11-7-5-8-12(13(11)15)17(19)20/h5,7-8,10H,3-4,6,9H2,1-2H3,(H,16,18). The van der Waals surface area contributed by atoms with Gasteiger partial charge in [0.25, 0.3) is 11.6 Å². The molecule has 0 radical (unpaired) electrons. The average molecular weight is 299 g/mol. The van der Waals surface area contributed by atoms with Gasteiger partial charge in [-0.25, -0.2) is 0 Å². The summed E-state index contributed by atoms with van der Waals surface area (Å²) in [6.07, 6.45) is 3.05. The Labute approximate surface area is 123 Å². The lowest BCUT2D eigenvalue weighted by molar-refractivity contribution is -0.384. The van der Waals surface area contributed by atoms with Crippen LogP contribution in [0.2, 0.25) is 5.02 Å². The molecule has 20 heavy (non-hydrogen) atoms. The van der Waals surface area contributed by atoms with Gasteiger partial charge >= 0.3 is 0 Å². The Morgan fingerprint density at radius 3 is 2.70 bits per heavy atom. The zero-order chi connectivity index (χ0) is 15.1. The van der Waals surface area contributed by atoms with E-state index >= 15 is 0 Å². The van der Waals surface area contributed by atoms with Crippen molar-refractivity contribution in [2.24, 2.45) is 5.92 Å². The van der Waals surface area contributed by atoms with Gasteiger partial charge in [0.2, 0.25) is 0 Å². The molecule has 0 bridgehead atoms. The lowest BCUT2D eigenvalue weighted by Gasteiger charge is -2.07. The minimum absolute atomic E-state index is 0.114. The molecule has 0 aliphatic rings. The third-order valence-electron chi connectivity index (χ3n) is 2.91. The van der Waals surface area contributed by atoms with Gasteiger partial charge in [0.15, 0.2) is 0 Å². The monoisotopic (exact) mass is 298 g/mol. The molecule has 0 aliphatic heterocycles. The first-order valence-electron chi connectivity index (χ1n) is 6.64. The Balaban J connectivity index is 2.56. The summed E-state index contributed by atoms with van der Waals surface area (Å²) < 4.78 is 0. The molecule has 6 heteroatoms. The number of hydrogen-bond donors (Lipinski definition) is 1. The van der Waals surface area contributed by atoms with E-state index in [0.717, 1.165) is 19.3 Å². The third-order valence-corrected chi connectivity index (χ3v) is 3.31. The number of rotatable bonds is 7. The number of hydrogen-bond acceptors (Lipinski definition) is 3. The van der Waals surface area contributed by atoms with Crippen LogP contribution in [0.5, 0.6) is 0 Å². The van der Waals surface area contributed by atoms with Crippen LogP contribution >= 0.6 is 11.6 Å². The van der Waals surface area contributed by atoms with E-state index in [0.29, 0.717) is 12.5 Å². The number of nitrogens with one attached hydrogen (secondary N) is 1. The highest BCUT2D eigenvalue weighted by molar-refractivity contribution is 6.35. The van der Waals surface area contributed by atoms with Crippen molar-refractivity contribution in [2.75, 3.05) is 6.54 Å². The van der Waals surface area contributed by atoms with Crippen LogP contribution in [0.3, 0.4) is 0 Å². The van der Waals surface area contributed by atoms with Crippen molar-refractivity contribution in [3.8, 4) is 0 Å². The zero-order valence-corrected chi connectivity index (χ0v) is 12.4. The van der Waals surface area contributed by atoms with Gasteiger partial charge in [-0.3, -0.25) is 14.9 Å². The minimum atomic E-state index is -0.595. The first-order valence-corrected chi connectivity index (χ1v) is 7.02. The second kappa shape index (κ2) is 7.85. The first-order chi connectivity index (χ1) is 9.43. The van der Waals surface area contributed by atoms with E-state index in [4.69, 9.17) is 11.6 Å². The molecule has 0 fully saturated rings. The summed E-state index contributed by atoms with van der Waals surface area (Å²) in [6.45, 7) is 4.85. The Morgan fingerprint density at radius 1 is 1.40 bits per heavy atom. The zero-order valence-electron chi connectivity index (χ0n) is 11.7. The van der Waals surface area contributed by atoms with Gasteiger partial charge in [0, 0.05) is 12.6 Å². The molecule has 5 nitrogen and oxygen atoms in total. The van der Waals surface area contributed by atoms with Gasteiger partial charge in [0.1, 0.15) is 5.02 Å². The molecule has 0 atom stereocenters. The quantitative estimate of drug-likeness (QED) is 0.473. The highest BCUT2D eigenvalue weighted by Gasteiger charge is 2.19. The van der Waals surface area contributed by atoms with E-state index < -0.39 is 4.92 Å². The maximum Gasteiger partial charge on any atom is 0.288 e. The largest absolute Gasteiger partial charge is 0.352 e. The highest BCUT2D eigenvalue weighted by atomic mass is 35.5. The fourth-order valence-electron chi connectivity index (χ4n) is 1.81. The van der Waals surface area contributed by atoms with Gasteiger partial charge in [-0.05, 0) is 18.4 Å². The number of unbranched alkanes of at least 4 members (excludes halogenated alkanes) is 1. The molecule has 0 spiro atoms. The van der Waals surface area contributed by atoms with Crippen molar-refractivity contribution in [3.05, 3.63) is 38.9 Å². The summed E-state index contributed by atoms with van der Waals surface area (Å²) in [6, 6.07) is 4.22. The molecule has 110 valence electrons. The van der Waals surface area contributed by atoms with Gasteiger partial charge in [0.05, 0.1) is 10.5 Å². The summed E-state index contributed by atoms with van der Waals surface area (Å²) in [4.78, 5) is 22.1. The number of halogens is 1. The van der Waals surface area contributed by atoms with Crippen LogP contribution in [0.25, 0.3) is 0 Å². The van der Waals surface area contributed by atoms with Crippen molar-refractivity contribution >= 4 is 23.2 Å². The molecular formula is C14H19ClN2O3. The second-order valence-corrected chi connectivity index (χ2v) is 5.42. The molecule has 0 unspecified atom stereocenters. The molecule has 0 heterocycles. The van der Waals surface area contributed by atoms with Crippen molar-refractivity contribution in [1.29, 1.82) is 0 Å². The Kier molecular flexibility index (Phi) is 6.45. The van der Waals surface area contributed by atoms with E-state index in [1.165, 1.54) is 18.2 Å². The fraction of sp³-hybridized carbons (Fsp3) is 0.500. The number of amides is 1. The number of benzene rings is 1. The molecular weight excluding hydrogens is 280 g/mol. The first kappa shape index (κ1) is 16.4. The number of nitrogens with zero attached hydrogens (tertiary/aromatic N) is 1. The fourth-order valence-corrected chi connectivity index (χ4v) is 2.09. The maximum absolute atomic E-state index is 11.9. The van der Waals surface area contributed by atoms with Crippen LogP contribution in [-0.2, 0) is 0 Å². The molecule has 0 aliphatic carbocycles. The van der Waals surface area contributed by atoms with Crippen LogP contribution in [0.4, 0.5) is 5.69 Å². The molecule has 1 rings (SSSR count). The van der Waals surface area contributed by atoms with Crippen LogP contribution in [0.1, 0.15) is 43.5 Å². The maximum atomic E-state index is 11.9. The summed E-state index contributed by atoms with van der Waals surface area (Å²) in [5.41, 5.74) is -0.108. The summed E-state index contributed by atoms with van der Waals surface area (Å²) >= 11 is 5.88. The van der Waals surface area contributed by atoms with Gasteiger partial charge < -0.3 is 5.32 Å². The number of carbonyl (C=O) groups is 1.